The van der Waals surface area contributed by atoms with Crippen molar-refractivity contribution in [1.82, 2.24) is 0 Å². The van der Waals surface area contributed by atoms with Crippen LogP contribution < -0.4 is 5.32 Å². The van der Waals surface area contributed by atoms with Crippen molar-refractivity contribution >= 4 is 31.4 Å². The van der Waals surface area contributed by atoms with E-state index in [1.807, 2.05) is 67.6 Å². The monoisotopic (exact) mass is 586 g/mol. The summed E-state index contributed by atoms with van der Waals surface area (Å²) < 4.78 is 10.8. The van der Waals surface area contributed by atoms with E-state index < -0.39 is 20.1 Å². The lowest BCUT2D eigenvalue weighted by atomic mass is 9.84. The fraction of sp³-hybridized carbons (Fsp3) is 0.333. The number of hydrogen-bond acceptors (Lipinski definition) is 6. The maximum atomic E-state index is 12.5. The number of rotatable bonds is 12. The van der Waals surface area contributed by atoms with Crippen LogP contribution in [0.25, 0.3) is 5.57 Å². The number of benzene rings is 3. The molecule has 0 heterocycles. The molecule has 1 amide bonds. The molecular weight excluding hydrogens is 548 g/mol. The van der Waals surface area contributed by atoms with Gasteiger partial charge in [-0.25, -0.2) is 4.79 Å². The highest BCUT2D eigenvalue weighted by molar-refractivity contribution is 6.76. The molecule has 1 atom stereocenters. The first kappa shape index (κ1) is 30.7. The van der Waals surface area contributed by atoms with Gasteiger partial charge < -0.3 is 9.47 Å². The van der Waals surface area contributed by atoms with Crippen LogP contribution in [0.5, 0.6) is 0 Å². The van der Waals surface area contributed by atoms with Crippen molar-refractivity contribution in [2.45, 2.75) is 58.0 Å². The first-order chi connectivity index (χ1) is 20.0. The van der Waals surface area contributed by atoms with Gasteiger partial charge in [0.25, 0.3) is 0 Å². The minimum atomic E-state index is -1.28. The van der Waals surface area contributed by atoms with Gasteiger partial charge in [0, 0.05) is 18.7 Å². The Labute approximate surface area is 247 Å². The zero-order chi connectivity index (χ0) is 30.3. The van der Waals surface area contributed by atoms with Crippen LogP contribution in [0.1, 0.15) is 39.3 Å². The largest absolute Gasteiger partial charge is 0.466 e. The van der Waals surface area contributed by atoms with Crippen molar-refractivity contribution in [3.63, 3.8) is 0 Å². The van der Waals surface area contributed by atoms with E-state index in [-0.39, 0.29) is 30.5 Å². The van der Waals surface area contributed by atoms with Crippen LogP contribution in [0.4, 0.5) is 10.5 Å². The fourth-order valence-corrected chi connectivity index (χ4v) is 5.82. The van der Waals surface area contributed by atoms with Crippen molar-refractivity contribution in [2.24, 2.45) is 0 Å². The second-order valence-corrected chi connectivity index (χ2v) is 17.5. The van der Waals surface area contributed by atoms with Gasteiger partial charge in [0.2, 0.25) is 6.54 Å². The first-order valence-corrected chi connectivity index (χ1v) is 17.9. The van der Waals surface area contributed by atoms with E-state index in [1.165, 1.54) is 0 Å². The van der Waals surface area contributed by atoms with Crippen molar-refractivity contribution in [2.75, 3.05) is 18.5 Å². The summed E-state index contributed by atoms with van der Waals surface area (Å²) in [5.41, 5.74) is 6.63. The number of ether oxygens (including phenoxy) is 2. The number of allylic oxidation sites excluding steroid dienone is 1. The van der Waals surface area contributed by atoms with Gasteiger partial charge in [-0.2, -0.15) is 0 Å². The Bertz CT molecular complexity index is 1480. The molecule has 1 unspecified atom stereocenters. The highest BCUT2D eigenvalue weighted by Gasteiger charge is 2.30. The lowest BCUT2D eigenvalue weighted by Crippen LogP contribution is -2.23. The van der Waals surface area contributed by atoms with Crippen molar-refractivity contribution in [3.8, 4) is 0 Å². The van der Waals surface area contributed by atoms with Gasteiger partial charge >= 0.3 is 12.1 Å². The molecule has 42 heavy (non-hydrogen) atoms. The average Bonchev–Trinajstić information content (AvgIpc) is 3.35. The molecule has 0 radical (unpaired) electrons. The van der Waals surface area contributed by atoms with Crippen molar-refractivity contribution in [1.29, 1.82) is 0 Å². The van der Waals surface area contributed by atoms with Crippen LogP contribution in [0.3, 0.4) is 0 Å². The number of fused-ring (bicyclic) bond motifs is 1. The van der Waals surface area contributed by atoms with Gasteiger partial charge in [0.1, 0.15) is 6.61 Å². The number of hydrogen-bond donors (Lipinski definition) is 1. The molecule has 0 fully saturated rings. The van der Waals surface area contributed by atoms with Crippen molar-refractivity contribution < 1.29 is 24.0 Å². The fourth-order valence-electron chi connectivity index (χ4n) is 5.10. The molecule has 0 spiro atoms. The molecule has 0 aliphatic heterocycles. The molecule has 3 aromatic carbocycles. The summed E-state index contributed by atoms with van der Waals surface area (Å²) in [4.78, 5) is 36.5. The highest BCUT2D eigenvalue weighted by atomic mass is 28.3. The molecule has 1 aliphatic rings. The number of esters is 1. The number of amides is 1. The Kier molecular flexibility index (Phi) is 9.95. The van der Waals surface area contributed by atoms with Crippen LogP contribution in [0.15, 0.2) is 72.8 Å². The van der Waals surface area contributed by atoms with E-state index in [4.69, 9.17) is 9.47 Å². The molecular formula is C33H38N2O6Si. The van der Waals surface area contributed by atoms with E-state index in [0.29, 0.717) is 18.7 Å². The Morgan fingerprint density at radius 2 is 1.76 bits per heavy atom. The standard InChI is InChI=1S/C33H38N2O6Si/c1-23-27(11-8-12-31(23)34-33(37)41-22-24-9-6-5-7-10-24)30(21-35(38)39)29-16-14-26-19-25(13-15-28(26)29)20-32(36)40-17-18-42(2,3)4/h5-13,15-16,19,30H,14,17-18,20-22H2,1-4H3,(H,34,37). The number of nitrogens with zero attached hydrogens (tertiary/aromatic N) is 1. The maximum absolute atomic E-state index is 12.5. The van der Waals surface area contributed by atoms with Gasteiger partial charge in [0.15, 0.2) is 0 Å². The molecule has 0 saturated carbocycles. The molecule has 1 N–H and O–H groups in total. The smallest absolute Gasteiger partial charge is 0.411 e. The van der Waals surface area contributed by atoms with Crippen LogP contribution in [-0.2, 0) is 33.7 Å². The molecule has 0 saturated heterocycles. The maximum Gasteiger partial charge on any atom is 0.411 e. The average molecular weight is 587 g/mol. The topological polar surface area (TPSA) is 108 Å². The lowest BCUT2D eigenvalue weighted by Gasteiger charge is -2.21. The quantitative estimate of drug-likeness (QED) is 0.104. The second kappa shape index (κ2) is 13.6. The number of nitrogens with one attached hydrogen (secondary N) is 1. The number of carbonyl (C=O) groups is 2. The predicted molar refractivity (Wildman–Crippen MR) is 167 cm³/mol. The molecule has 220 valence electrons. The Morgan fingerprint density at radius 3 is 2.48 bits per heavy atom. The SMILES string of the molecule is Cc1c(NC(=O)OCc2ccccc2)cccc1C(C[N+](=O)[O-])C1=CCc2cc(CC(=O)OCC[Si](C)(C)C)ccc21. The van der Waals surface area contributed by atoms with Gasteiger partial charge in [0.05, 0.1) is 18.9 Å². The summed E-state index contributed by atoms with van der Waals surface area (Å²) in [6, 6.07) is 21.6. The Balaban J connectivity index is 1.48. The van der Waals surface area contributed by atoms with E-state index in [9.17, 15) is 19.7 Å². The summed E-state index contributed by atoms with van der Waals surface area (Å²) in [5, 5.41) is 14.6. The van der Waals surface area contributed by atoms with Gasteiger partial charge in [-0.05, 0) is 64.4 Å². The molecule has 4 rings (SSSR count). The van der Waals surface area contributed by atoms with Gasteiger partial charge in [-0.3, -0.25) is 20.2 Å². The second-order valence-electron chi connectivity index (χ2n) is 11.8. The normalized spacial score (nSPS) is 13.1. The molecule has 0 bridgehead atoms. The van der Waals surface area contributed by atoms with Crippen LogP contribution in [0, 0.1) is 17.0 Å². The van der Waals surface area contributed by atoms with Crippen LogP contribution in [-0.4, -0.2) is 38.2 Å². The molecule has 8 nitrogen and oxygen atoms in total. The Morgan fingerprint density at radius 1 is 1.00 bits per heavy atom. The summed E-state index contributed by atoms with van der Waals surface area (Å²) in [6.07, 6.45) is 2.25. The van der Waals surface area contributed by atoms with Crippen molar-refractivity contribution in [3.05, 3.63) is 116 Å². The third kappa shape index (κ3) is 8.39. The van der Waals surface area contributed by atoms with E-state index in [1.54, 1.807) is 12.1 Å². The number of anilines is 1. The van der Waals surface area contributed by atoms with Gasteiger partial charge in [-0.1, -0.05) is 86.4 Å². The molecule has 3 aromatic rings. The zero-order valence-electron chi connectivity index (χ0n) is 24.6. The number of nitro groups is 1. The number of carbonyl (C=O) groups excluding carboxylic acids is 2. The van der Waals surface area contributed by atoms with Gasteiger partial charge in [-0.15, -0.1) is 0 Å². The molecule has 1 aliphatic carbocycles. The first-order valence-electron chi connectivity index (χ1n) is 14.2. The summed E-state index contributed by atoms with van der Waals surface area (Å²) in [7, 11) is -1.28. The summed E-state index contributed by atoms with van der Waals surface area (Å²) in [6.45, 7) is 8.87. The van der Waals surface area contributed by atoms with E-state index in [0.717, 1.165) is 45.0 Å². The van der Waals surface area contributed by atoms with Crippen LogP contribution >= 0.6 is 0 Å². The minimum absolute atomic E-state index is 0.136. The third-order valence-corrected chi connectivity index (χ3v) is 9.10. The van der Waals surface area contributed by atoms with E-state index in [2.05, 4.69) is 25.0 Å². The third-order valence-electron chi connectivity index (χ3n) is 7.39. The minimum Gasteiger partial charge on any atom is -0.466 e. The lowest BCUT2D eigenvalue weighted by molar-refractivity contribution is -0.481. The summed E-state index contributed by atoms with van der Waals surface area (Å²) >= 11 is 0. The predicted octanol–water partition coefficient (Wildman–Crippen LogP) is 7.17. The van der Waals surface area contributed by atoms with Crippen LogP contribution in [0.2, 0.25) is 25.7 Å². The molecule has 0 aromatic heterocycles. The highest BCUT2D eigenvalue weighted by Crippen LogP contribution is 2.41. The molecule has 9 heteroatoms. The zero-order valence-corrected chi connectivity index (χ0v) is 25.6. The van der Waals surface area contributed by atoms with E-state index >= 15 is 0 Å². The summed E-state index contributed by atoms with van der Waals surface area (Å²) in [5.74, 6) is -0.756. The Hall–Kier alpha value is -4.24.